The van der Waals surface area contributed by atoms with Gasteiger partial charge in [0.2, 0.25) is 0 Å². The first-order valence-electron chi connectivity index (χ1n) is 11.3. The van der Waals surface area contributed by atoms with Crippen LogP contribution in [0.25, 0.3) is 0 Å². The molecule has 0 spiro atoms. The maximum atomic E-state index is 11.6. The fourth-order valence-electron chi connectivity index (χ4n) is 2.92. The van der Waals surface area contributed by atoms with Gasteiger partial charge in [0.1, 0.15) is 18.8 Å². The number of ether oxygens (including phenoxy) is 2. The Morgan fingerprint density at radius 3 is 1.92 bits per heavy atom. The minimum Gasteiger partial charge on any atom is -0.450 e. The van der Waals surface area contributed by atoms with E-state index in [0.29, 0.717) is 36.3 Å². The molecule has 0 saturated carbocycles. The van der Waals surface area contributed by atoms with Crippen molar-refractivity contribution in [1.29, 1.82) is 10.5 Å². The predicted octanol–water partition coefficient (Wildman–Crippen LogP) is 5.56. The van der Waals surface area contributed by atoms with E-state index in [1.54, 1.807) is 55.5 Å². The van der Waals surface area contributed by atoms with Crippen molar-refractivity contribution >= 4 is 29.8 Å². The number of carbonyl (C=O) groups excluding carboxylic acids is 3. The van der Waals surface area contributed by atoms with Gasteiger partial charge in [0, 0.05) is 11.4 Å². The molecule has 1 unspecified atom stereocenters. The standard InChI is InChI=1S/C16H14N2O2.C12H12N2O3/c17-11-10-13-6-8-15(9-7-13)18-16(19)20-12-14-4-2-1-3-5-14;1-2-17-12(16)14-11-5-3-9(4-6-11)10(7-13)8-15/h1-9H,10,12H2,(H,18,19);3-6,8,10H,2H2,1H3,(H,14,16). The molecule has 37 heavy (non-hydrogen) atoms. The number of rotatable bonds is 8. The highest BCUT2D eigenvalue weighted by Crippen LogP contribution is 2.16. The molecule has 0 saturated heterocycles. The average Bonchev–Trinajstić information content (AvgIpc) is 2.91. The lowest BCUT2D eigenvalue weighted by Gasteiger charge is -2.07. The van der Waals surface area contributed by atoms with Crippen molar-refractivity contribution in [2.45, 2.75) is 25.9 Å². The molecule has 2 amide bonds. The molecule has 188 valence electrons. The molecule has 3 aromatic carbocycles. The third-order valence-electron chi connectivity index (χ3n) is 4.76. The number of aldehydes is 1. The number of hydrogen-bond acceptors (Lipinski definition) is 7. The van der Waals surface area contributed by atoms with Crippen molar-refractivity contribution < 1.29 is 23.9 Å². The number of carbonyl (C=O) groups is 3. The Balaban J connectivity index is 0.000000264. The molecule has 1 atom stereocenters. The minimum atomic E-state index is -0.772. The summed E-state index contributed by atoms with van der Waals surface area (Å²) < 4.78 is 9.81. The van der Waals surface area contributed by atoms with Crippen molar-refractivity contribution in [2.24, 2.45) is 0 Å². The molecule has 0 aliphatic carbocycles. The van der Waals surface area contributed by atoms with Crippen LogP contribution in [0.5, 0.6) is 0 Å². The average molecular weight is 499 g/mol. The SMILES string of the molecule is CCOC(=O)Nc1ccc(C(C#N)C=O)cc1.N#CCc1ccc(NC(=O)OCc2ccccc2)cc1. The maximum Gasteiger partial charge on any atom is 0.411 e. The number of benzene rings is 3. The third-order valence-corrected chi connectivity index (χ3v) is 4.76. The molecule has 0 radical (unpaired) electrons. The van der Waals surface area contributed by atoms with Crippen molar-refractivity contribution in [1.82, 2.24) is 0 Å². The van der Waals surface area contributed by atoms with Gasteiger partial charge in [0.15, 0.2) is 0 Å². The topological polar surface area (TPSA) is 141 Å². The Morgan fingerprint density at radius 1 is 0.838 bits per heavy atom. The van der Waals surface area contributed by atoms with Gasteiger partial charge in [-0.3, -0.25) is 10.6 Å². The molecule has 0 bridgehead atoms. The fraction of sp³-hybridized carbons (Fsp3) is 0.179. The van der Waals surface area contributed by atoms with Gasteiger partial charge in [0.25, 0.3) is 0 Å². The first-order valence-corrected chi connectivity index (χ1v) is 11.3. The van der Waals surface area contributed by atoms with E-state index in [9.17, 15) is 14.4 Å². The van der Waals surface area contributed by atoms with Crippen LogP contribution in [0, 0.1) is 22.7 Å². The second-order valence-electron chi connectivity index (χ2n) is 7.43. The van der Waals surface area contributed by atoms with E-state index < -0.39 is 18.1 Å². The first kappa shape index (κ1) is 28.1. The summed E-state index contributed by atoms with van der Waals surface area (Å²) >= 11 is 0. The molecular weight excluding hydrogens is 472 g/mol. The van der Waals surface area contributed by atoms with E-state index in [1.165, 1.54) is 0 Å². The minimum absolute atomic E-state index is 0.235. The van der Waals surface area contributed by atoms with Crippen LogP contribution in [0.4, 0.5) is 21.0 Å². The van der Waals surface area contributed by atoms with Crippen molar-refractivity contribution in [3.8, 4) is 12.1 Å². The Hall–Kier alpha value is -5.15. The van der Waals surface area contributed by atoms with Crippen LogP contribution in [-0.2, 0) is 27.3 Å². The Morgan fingerprint density at radius 2 is 1.41 bits per heavy atom. The normalized spacial score (nSPS) is 10.2. The first-order chi connectivity index (χ1) is 18.0. The molecule has 0 aromatic heterocycles. The van der Waals surface area contributed by atoms with E-state index in [-0.39, 0.29) is 6.61 Å². The fourth-order valence-corrected chi connectivity index (χ4v) is 2.92. The molecule has 0 heterocycles. The summed E-state index contributed by atoms with van der Waals surface area (Å²) in [6.45, 7) is 2.25. The summed E-state index contributed by atoms with van der Waals surface area (Å²) in [5.74, 6) is -0.772. The summed E-state index contributed by atoms with van der Waals surface area (Å²) in [5, 5.41) is 22.4. The molecule has 3 aromatic rings. The highest BCUT2D eigenvalue weighted by Gasteiger charge is 2.09. The van der Waals surface area contributed by atoms with Gasteiger partial charge in [0.05, 0.1) is 25.2 Å². The van der Waals surface area contributed by atoms with Crippen LogP contribution >= 0.6 is 0 Å². The van der Waals surface area contributed by atoms with E-state index in [2.05, 4.69) is 16.7 Å². The molecule has 0 aliphatic heterocycles. The second kappa shape index (κ2) is 15.7. The molecule has 9 heteroatoms. The van der Waals surface area contributed by atoms with Gasteiger partial charge in [-0.15, -0.1) is 0 Å². The van der Waals surface area contributed by atoms with Gasteiger partial charge in [-0.1, -0.05) is 54.6 Å². The number of nitrogens with one attached hydrogen (secondary N) is 2. The molecule has 2 N–H and O–H groups in total. The lowest BCUT2D eigenvalue weighted by Crippen LogP contribution is -2.13. The number of hydrogen-bond donors (Lipinski definition) is 2. The van der Waals surface area contributed by atoms with Crippen LogP contribution in [0.1, 0.15) is 29.5 Å². The van der Waals surface area contributed by atoms with Crippen LogP contribution < -0.4 is 10.6 Å². The Bertz CT molecular complexity index is 1230. The lowest BCUT2D eigenvalue weighted by molar-refractivity contribution is -0.108. The van der Waals surface area contributed by atoms with Gasteiger partial charge in [-0.05, 0) is 47.9 Å². The highest BCUT2D eigenvalue weighted by atomic mass is 16.6. The van der Waals surface area contributed by atoms with Crippen LogP contribution in [0.15, 0.2) is 78.9 Å². The smallest absolute Gasteiger partial charge is 0.411 e. The summed E-state index contributed by atoms with van der Waals surface area (Å²) in [6, 6.07) is 27.0. The van der Waals surface area contributed by atoms with Gasteiger partial charge >= 0.3 is 12.2 Å². The van der Waals surface area contributed by atoms with Crippen LogP contribution in [0.2, 0.25) is 0 Å². The monoisotopic (exact) mass is 498 g/mol. The van der Waals surface area contributed by atoms with Gasteiger partial charge < -0.3 is 14.3 Å². The van der Waals surface area contributed by atoms with E-state index in [0.717, 1.165) is 11.1 Å². The molecule has 0 aliphatic rings. The van der Waals surface area contributed by atoms with Crippen molar-refractivity contribution in [3.63, 3.8) is 0 Å². The second-order valence-corrected chi connectivity index (χ2v) is 7.43. The van der Waals surface area contributed by atoms with Crippen molar-refractivity contribution in [3.05, 3.63) is 95.6 Å². The van der Waals surface area contributed by atoms with E-state index in [4.69, 9.17) is 20.0 Å². The number of nitrogens with zero attached hydrogens (tertiary/aromatic N) is 2. The molecule has 3 rings (SSSR count). The highest BCUT2D eigenvalue weighted by molar-refractivity contribution is 5.85. The summed E-state index contributed by atoms with van der Waals surface area (Å²) in [6.07, 6.45) is -0.0960. The largest absolute Gasteiger partial charge is 0.450 e. The maximum absolute atomic E-state index is 11.6. The zero-order valence-electron chi connectivity index (χ0n) is 20.2. The van der Waals surface area contributed by atoms with E-state index >= 15 is 0 Å². The molecule has 0 fully saturated rings. The summed E-state index contributed by atoms with van der Waals surface area (Å²) in [7, 11) is 0. The zero-order chi connectivity index (χ0) is 26.9. The molecular formula is C28H26N4O5. The zero-order valence-corrected chi connectivity index (χ0v) is 20.2. The van der Waals surface area contributed by atoms with Gasteiger partial charge in [-0.25, -0.2) is 9.59 Å². The van der Waals surface area contributed by atoms with E-state index in [1.807, 2.05) is 36.4 Å². The Kier molecular flexibility index (Phi) is 11.9. The third kappa shape index (κ3) is 10.3. The van der Waals surface area contributed by atoms with Crippen LogP contribution in [0.3, 0.4) is 0 Å². The summed E-state index contributed by atoms with van der Waals surface area (Å²) in [4.78, 5) is 33.3. The van der Waals surface area contributed by atoms with Crippen molar-refractivity contribution in [2.75, 3.05) is 17.2 Å². The Labute approximate surface area is 215 Å². The predicted molar refractivity (Wildman–Crippen MR) is 138 cm³/mol. The summed E-state index contributed by atoms with van der Waals surface area (Å²) in [5.41, 5.74) is 3.64. The van der Waals surface area contributed by atoms with Crippen LogP contribution in [-0.4, -0.2) is 25.1 Å². The lowest BCUT2D eigenvalue weighted by atomic mass is 10.0. The number of amides is 2. The quantitative estimate of drug-likeness (QED) is 0.387. The van der Waals surface area contributed by atoms with Gasteiger partial charge in [-0.2, -0.15) is 10.5 Å². The number of anilines is 2. The number of nitriles is 2. The molecule has 9 nitrogen and oxygen atoms in total.